The molecule has 1 aromatic carbocycles. The second-order valence-corrected chi connectivity index (χ2v) is 7.65. The summed E-state index contributed by atoms with van der Waals surface area (Å²) in [6.07, 6.45) is 2.32. The Morgan fingerprint density at radius 3 is 2.92 bits per heavy atom. The Hall–Kier alpha value is -2.21. The molecule has 0 spiro atoms. The van der Waals surface area contributed by atoms with E-state index in [9.17, 15) is 10.1 Å². The van der Waals surface area contributed by atoms with Crippen molar-refractivity contribution in [2.24, 2.45) is 0 Å². The molecule has 2 heterocycles. The molecule has 1 amide bonds. The molecule has 0 radical (unpaired) electrons. The summed E-state index contributed by atoms with van der Waals surface area (Å²) in [5.41, 5.74) is 1.71. The van der Waals surface area contributed by atoms with E-state index >= 15 is 0 Å². The van der Waals surface area contributed by atoms with Gasteiger partial charge in [0.1, 0.15) is 11.6 Å². The molecule has 0 aliphatic carbocycles. The first-order chi connectivity index (χ1) is 12.0. The molecule has 1 aromatic heterocycles. The summed E-state index contributed by atoms with van der Waals surface area (Å²) in [4.78, 5) is 20.2. The maximum absolute atomic E-state index is 12.2. The third-order valence-electron chi connectivity index (χ3n) is 3.73. The van der Waals surface area contributed by atoms with E-state index in [0.29, 0.717) is 10.8 Å². The van der Waals surface area contributed by atoms with Crippen molar-refractivity contribution in [1.82, 2.24) is 9.88 Å². The van der Waals surface area contributed by atoms with Crippen molar-refractivity contribution in [3.8, 4) is 6.07 Å². The molecule has 0 unspecified atom stereocenters. The number of rotatable bonds is 4. The van der Waals surface area contributed by atoms with Crippen LogP contribution in [0.5, 0.6) is 0 Å². The molecule has 25 heavy (non-hydrogen) atoms. The number of likely N-dealkylation sites (N-methyl/N-ethyl adjacent to an activating group) is 1. The minimum atomic E-state index is -0.460. The van der Waals surface area contributed by atoms with Gasteiger partial charge >= 0.3 is 0 Å². The average molecular weight is 418 g/mol. The number of nitrogens with zero attached hydrogens (tertiary/aromatic N) is 3. The molecule has 2 aromatic rings. The SMILES string of the molecule is CN1CCc2nc(N/C=C(/C#N)C(=O)Nc3ccc(Br)cc3)sc2C1. The number of amides is 1. The summed E-state index contributed by atoms with van der Waals surface area (Å²) in [5, 5.41) is 15.6. The van der Waals surface area contributed by atoms with Crippen molar-refractivity contribution in [2.75, 3.05) is 24.2 Å². The molecule has 2 N–H and O–H groups in total. The Labute approximate surface area is 158 Å². The van der Waals surface area contributed by atoms with Crippen molar-refractivity contribution in [2.45, 2.75) is 13.0 Å². The average Bonchev–Trinajstić information content (AvgIpc) is 2.99. The van der Waals surface area contributed by atoms with Crippen LogP contribution < -0.4 is 10.6 Å². The number of aromatic nitrogens is 1. The molecule has 1 aliphatic rings. The number of nitriles is 1. The largest absolute Gasteiger partial charge is 0.337 e. The molecule has 128 valence electrons. The molecule has 0 fully saturated rings. The van der Waals surface area contributed by atoms with E-state index in [1.54, 1.807) is 23.5 Å². The number of anilines is 2. The first-order valence-electron chi connectivity index (χ1n) is 7.66. The number of nitrogens with one attached hydrogen (secondary N) is 2. The highest BCUT2D eigenvalue weighted by Crippen LogP contribution is 2.27. The Balaban J connectivity index is 1.67. The summed E-state index contributed by atoms with van der Waals surface area (Å²) >= 11 is 4.89. The number of carbonyl (C=O) groups excluding carboxylic acids is 1. The summed E-state index contributed by atoms with van der Waals surface area (Å²) < 4.78 is 0.918. The number of benzene rings is 1. The van der Waals surface area contributed by atoms with Crippen molar-refractivity contribution < 1.29 is 4.79 Å². The highest BCUT2D eigenvalue weighted by atomic mass is 79.9. The maximum Gasteiger partial charge on any atom is 0.267 e. The fourth-order valence-electron chi connectivity index (χ4n) is 2.40. The van der Waals surface area contributed by atoms with Gasteiger partial charge in [0.05, 0.1) is 5.69 Å². The van der Waals surface area contributed by atoms with Crippen molar-refractivity contribution in [3.63, 3.8) is 0 Å². The van der Waals surface area contributed by atoms with Crippen molar-refractivity contribution in [1.29, 1.82) is 5.26 Å². The van der Waals surface area contributed by atoms with E-state index in [1.165, 1.54) is 11.1 Å². The predicted molar refractivity (Wildman–Crippen MR) is 102 cm³/mol. The van der Waals surface area contributed by atoms with Crippen LogP contribution in [0.4, 0.5) is 10.8 Å². The molecule has 8 heteroatoms. The van der Waals surface area contributed by atoms with Gasteiger partial charge in [-0.15, -0.1) is 11.3 Å². The zero-order valence-electron chi connectivity index (χ0n) is 13.5. The Bertz CT molecular complexity index is 853. The Morgan fingerprint density at radius 2 is 2.20 bits per heavy atom. The number of thiazole rings is 1. The fourth-order valence-corrected chi connectivity index (χ4v) is 3.72. The van der Waals surface area contributed by atoms with E-state index in [2.05, 4.69) is 43.5 Å². The first-order valence-corrected chi connectivity index (χ1v) is 9.27. The van der Waals surface area contributed by atoms with Crippen LogP contribution in [0.3, 0.4) is 0 Å². The van der Waals surface area contributed by atoms with E-state index in [-0.39, 0.29) is 5.57 Å². The Morgan fingerprint density at radius 1 is 1.44 bits per heavy atom. The summed E-state index contributed by atoms with van der Waals surface area (Å²) in [7, 11) is 2.08. The highest BCUT2D eigenvalue weighted by Gasteiger charge is 2.18. The van der Waals surface area contributed by atoms with Crippen molar-refractivity contribution >= 4 is 44.0 Å². The van der Waals surface area contributed by atoms with Crippen molar-refractivity contribution in [3.05, 3.63) is 51.1 Å². The quantitative estimate of drug-likeness (QED) is 0.588. The van der Waals surface area contributed by atoms with Gasteiger partial charge in [-0.1, -0.05) is 15.9 Å². The van der Waals surface area contributed by atoms with Crippen LogP contribution in [-0.4, -0.2) is 29.4 Å². The van der Waals surface area contributed by atoms with Gasteiger partial charge in [-0.05, 0) is 31.3 Å². The number of hydrogen-bond donors (Lipinski definition) is 2. The van der Waals surface area contributed by atoms with E-state index in [1.807, 2.05) is 18.2 Å². The molecule has 1 aliphatic heterocycles. The second kappa shape index (κ2) is 7.78. The van der Waals surface area contributed by atoms with E-state index in [4.69, 9.17) is 0 Å². The van der Waals surface area contributed by atoms with Gasteiger partial charge in [-0.25, -0.2) is 4.98 Å². The van der Waals surface area contributed by atoms with Crippen LogP contribution in [0.25, 0.3) is 0 Å². The van der Waals surface area contributed by atoms with E-state index in [0.717, 1.165) is 29.7 Å². The molecule has 0 atom stereocenters. The smallest absolute Gasteiger partial charge is 0.267 e. The van der Waals surface area contributed by atoms with Crippen LogP contribution in [0.15, 0.2) is 40.5 Å². The lowest BCUT2D eigenvalue weighted by atomic mass is 10.2. The molecular formula is C17H16BrN5OS. The lowest BCUT2D eigenvalue weighted by Crippen LogP contribution is -2.25. The van der Waals surface area contributed by atoms with Gasteiger partial charge in [0, 0.05) is 40.7 Å². The van der Waals surface area contributed by atoms with Gasteiger partial charge in [-0.2, -0.15) is 5.26 Å². The van der Waals surface area contributed by atoms with Gasteiger partial charge in [0.15, 0.2) is 5.13 Å². The molecule has 0 saturated heterocycles. The maximum atomic E-state index is 12.2. The monoisotopic (exact) mass is 417 g/mol. The number of hydrogen-bond acceptors (Lipinski definition) is 6. The summed E-state index contributed by atoms with van der Waals surface area (Å²) in [6, 6.07) is 9.08. The number of carbonyl (C=O) groups is 1. The van der Waals surface area contributed by atoms with Crippen LogP contribution in [-0.2, 0) is 17.8 Å². The number of halogens is 1. The molecular weight excluding hydrogens is 402 g/mol. The van der Waals surface area contributed by atoms with Crippen LogP contribution in [0, 0.1) is 11.3 Å². The summed E-state index contributed by atoms with van der Waals surface area (Å²) in [6.45, 7) is 1.87. The normalized spacial score (nSPS) is 14.5. The molecule has 0 bridgehead atoms. The first kappa shape index (κ1) is 17.6. The van der Waals surface area contributed by atoms with Crippen LogP contribution in [0.2, 0.25) is 0 Å². The van der Waals surface area contributed by atoms with E-state index < -0.39 is 5.91 Å². The standard InChI is InChI=1S/C17H16BrN5OS/c1-23-7-6-14-15(10-23)25-17(22-14)20-9-11(8-19)16(24)21-13-4-2-12(18)3-5-13/h2-5,9H,6-7,10H2,1H3,(H,20,22)(H,21,24)/b11-9-. The lowest BCUT2D eigenvalue weighted by molar-refractivity contribution is -0.112. The fraction of sp³-hybridized carbons (Fsp3) is 0.235. The topological polar surface area (TPSA) is 81.1 Å². The minimum Gasteiger partial charge on any atom is -0.337 e. The molecule has 3 rings (SSSR count). The van der Waals surface area contributed by atoms with Gasteiger partial charge < -0.3 is 15.5 Å². The van der Waals surface area contributed by atoms with Crippen LogP contribution >= 0.6 is 27.3 Å². The Kier molecular flexibility index (Phi) is 5.48. The lowest BCUT2D eigenvalue weighted by Gasteiger charge is -2.20. The second-order valence-electron chi connectivity index (χ2n) is 5.65. The zero-order chi connectivity index (χ0) is 17.8. The minimum absolute atomic E-state index is 0.00629. The third-order valence-corrected chi connectivity index (χ3v) is 5.27. The van der Waals surface area contributed by atoms with Gasteiger partial charge in [-0.3, -0.25) is 4.79 Å². The molecule has 0 saturated carbocycles. The zero-order valence-corrected chi connectivity index (χ0v) is 15.9. The third kappa shape index (κ3) is 4.45. The predicted octanol–water partition coefficient (Wildman–Crippen LogP) is 3.35. The summed E-state index contributed by atoms with van der Waals surface area (Å²) in [5.74, 6) is -0.460. The number of fused-ring (bicyclic) bond motifs is 1. The highest BCUT2D eigenvalue weighted by molar-refractivity contribution is 9.10. The molecule has 6 nitrogen and oxygen atoms in total. The van der Waals surface area contributed by atoms with Gasteiger partial charge in [0.2, 0.25) is 0 Å². The van der Waals surface area contributed by atoms with Gasteiger partial charge in [0.25, 0.3) is 5.91 Å². The van der Waals surface area contributed by atoms with Crippen LogP contribution in [0.1, 0.15) is 10.6 Å².